The molecule has 0 fully saturated rings. The van der Waals surface area contributed by atoms with Crippen LogP contribution >= 0.6 is 0 Å². The van der Waals surface area contributed by atoms with E-state index < -0.39 is 10.0 Å². The second-order valence-corrected chi connectivity index (χ2v) is 8.16. The molecular weight excluding hydrogens is 382 g/mol. The predicted molar refractivity (Wildman–Crippen MR) is 108 cm³/mol. The molecule has 2 aromatic carbocycles. The van der Waals surface area contributed by atoms with Crippen molar-refractivity contribution in [3.05, 3.63) is 52.8 Å². The summed E-state index contributed by atoms with van der Waals surface area (Å²) in [5, 5.41) is 19.9. The summed E-state index contributed by atoms with van der Waals surface area (Å²) in [7, 11) is -3.75. The SMILES string of the molecule is O=c1[nH]c2ccc(S(=O)(=O)NCCN(CCO)CCO)cc2c2ccccc12. The van der Waals surface area contributed by atoms with E-state index in [0.717, 1.165) is 0 Å². The smallest absolute Gasteiger partial charge is 0.256 e. The number of benzene rings is 2. The number of rotatable bonds is 9. The summed E-state index contributed by atoms with van der Waals surface area (Å²) in [6.45, 7) is 1.09. The highest BCUT2D eigenvalue weighted by Crippen LogP contribution is 2.23. The molecule has 0 aliphatic carbocycles. The lowest BCUT2D eigenvalue weighted by Crippen LogP contribution is -2.37. The molecule has 8 nitrogen and oxygen atoms in total. The fourth-order valence-corrected chi connectivity index (χ4v) is 4.21. The highest BCUT2D eigenvalue weighted by molar-refractivity contribution is 7.89. The van der Waals surface area contributed by atoms with Crippen LogP contribution in [0.2, 0.25) is 0 Å². The fourth-order valence-electron chi connectivity index (χ4n) is 3.17. The maximum absolute atomic E-state index is 12.7. The number of sulfonamides is 1. The normalized spacial score (nSPS) is 12.2. The number of aliphatic hydroxyl groups is 2. The van der Waals surface area contributed by atoms with Crippen LogP contribution in [0.1, 0.15) is 0 Å². The lowest BCUT2D eigenvalue weighted by molar-refractivity contribution is 0.163. The van der Waals surface area contributed by atoms with Crippen LogP contribution < -0.4 is 10.3 Å². The van der Waals surface area contributed by atoms with Gasteiger partial charge in [0, 0.05) is 42.5 Å². The number of fused-ring (bicyclic) bond motifs is 3. The molecule has 150 valence electrons. The maximum Gasteiger partial charge on any atom is 0.256 e. The first-order valence-corrected chi connectivity index (χ1v) is 10.4. The number of H-pyrrole nitrogens is 1. The molecular formula is C19H23N3O5S. The topological polar surface area (TPSA) is 123 Å². The van der Waals surface area contributed by atoms with Crippen molar-refractivity contribution in [2.45, 2.75) is 4.90 Å². The van der Waals surface area contributed by atoms with E-state index in [0.29, 0.717) is 41.3 Å². The molecule has 0 amide bonds. The van der Waals surface area contributed by atoms with Crippen LogP contribution in [0.5, 0.6) is 0 Å². The second kappa shape index (κ2) is 8.80. The first-order valence-electron chi connectivity index (χ1n) is 8.95. The van der Waals surface area contributed by atoms with Gasteiger partial charge >= 0.3 is 0 Å². The molecule has 0 aliphatic rings. The van der Waals surface area contributed by atoms with Crippen molar-refractivity contribution in [3.63, 3.8) is 0 Å². The van der Waals surface area contributed by atoms with E-state index in [-0.39, 0.29) is 30.2 Å². The van der Waals surface area contributed by atoms with Gasteiger partial charge in [0.05, 0.1) is 18.1 Å². The molecule has 0 spiro atoms. The molecule has 0 unspecified atom stereocenters. The summed E-state index contributed by atoms with van der Waals surface area (Å²) >= 11 is 0. The lowest BCUT2D eigenvalue weighted by Gasteiger charge is -2.20. The number of aromatic nitrogens is 1. The number of nitrogens with one attached hydrogen (secondary N) is 2. The van der Waals surface area contributed by atoms with E-state index in [1.54, 1.807) is 41.3 Å². The van der Waals surface area contributed by atoms with Crippen molar-refractivity contribution in [1.82, 2.24) is 14.6 Å². The maximum atomic E-state index is 12.7. The molecule has 0 atom stereocenters. The third-order valence-electron chi connectivity index (χ3n) is 4.56. The molecule has 0 radical (unpaired) electrons. The molecule has 1 aromatic heterocycles. The Hall–Kier alpha value is -2.30. The van der Waals surface area contributed by atoms with Crippen LogP contribution in [0.4, 0.5) is 0 Å². The Morgan fingerprint density at radius 1 is 0.929 bits per heavy atom. The lowest BCUT2D eigenvalue weighted by atomic mass is 10.1. The zero-order chi connectivity index (χ0) is 20.1. The number of pyridine rings is 1. The van der Waals surface area contributed by atoms with Gasteiger partial charge in [-0.1, -0.05) is 18.2 Å². The number of aromatic amines is 1. The van der Waals surface area contributed by atoms with E-state index >= 15 is 0 Å². The first kappa shape index (κ1) is 20.4. The summed E-state index contributed by atoms with van der Waals surface area (Å²) in [5.41, 5.74) is 0.351. The van der Waals surface area contributed by atoms with Crippen LogP contribution in [0.25, 0.3) is 21.7 Å². The van der Waals surface area contributed by atoms with E-state index in [9.17, 15) is 13.2 Å². The second-order valence-electron chi connectivity index (χ2n) is 6.39. The molecule has 9 heteroatoms. The Labute approximate surface area is 162 Å². The van der Waals surface area contributed by atoms with Crippen molar-refractivity contribution >= 4 is 31.7 Å². The Balaban J connectivity index is 1.87. The zero-order valence-corrected chi connectivity index (χ0v) is 16.1. The van der Waals surface area contributed by atoms with Crippen molar-refractivity contribution in [2.24, 2.45) is 0 Å². The summed E-state index contributed by atoms with van der Waals surface area (Å²) in [6.07, 6.45) is 0. The molecule has 0 saturated heterocycles. The molecule has 0 bridgehead atoms. The Bertz CT molecular complexity index is 1120. The van der Waals surface area contributed by atoms with Crippen molar-refractivity contribution in [3.8, 4) is 0 Å². The van der Waals surface area contributed by atoms with Crippen LogP contribution in [-0.2, 0) is 10.0 Å². The quantitative estimate of drug-likeness (QED) is 0.379. The molecule has 28 heavy (non-hydrogen) atoms. The minimum absolute atomic E-state index is 0.0668. The van der Waals surface area contributed by atoms with Gasteiger partial charge in [0.1, 0.15) is 0 Å². The number of hydrogen-bond donors (Lipinski definition) is 4. The van der Waals surface area contributed by atoms with Crippen LogP contribution in [-0.4, -0.2) is 67.9 Å². The van der Waals surface area contributed by atoms with E-state index in [1.807, 2.05) is 0 Å². The Morgan fingerprint density at radius 2 is 1.61 bits per heavy atom. The third-order valence-corrected chi connectivity index (χ3v) is 6.02. The van der Waals surface area contributed by atoms with Gasteiger partial charge in [-0.25, -0.2) is 13.1 Å². The third kappa shape index (κ3) is 4.40. The first-order chi connectivity index (χ1) is 13.5. The van der Waals surface area contributed by atoms with Gasteiger partial charge in [0.25, 0.3) is 5.56 Å². The molecule has 3 rings (SSSR count). The van der Waals surface area contributed by atoms with Crippen LogP contribution in [0.15, 0.2) is 52.2 Å². The number of aliphatic hydroxyl groups excluding tert-OH is 2. The Morgan fingerprint density at radius 3 is 2.29 bits per heavy atom. The van der Waals surface area contributed by atoms with Crippen molar-refractivity contribution < 1.29 is 18.6 Å². The van der Waals surface area contributed by atoms with Crippen molar-refractivity contribution in [2.75, 3.05) is 39.4 Å². The zero-order valence-electron chi connectivity index (χ0n) is 15.3. The summed E-state index contributed by atoms with van der Waals surface area (Å²) < 4.78 is 27.9. The van der Waals surface area contributed by atoms with Gasteiger partial charge < -0.3 is 15.2 Å². The van der Waals surface area contributed by atoms with Gasteiger partial charge in [-0.05, 0) is 29.7 Å². The average Bonchev–Trinajstić information content (AvgIpc) is 2.68. The molecule has 0 saturated carbocycles. The molecule has 0 aliphatic heterocycles. The highest BCUT2D eigenvalue weighted by Gasteiger charge is 2.16. The average molecular weight is 405 g/mol. The standard InChI is InChI=1S/C19H23N3O5S/c23-11-9-22(10-12-24)8-7-20-28(26,27)14-5-6-18-17(13-14)15-3-1-2-4-16(15)19(25)21-18/h1-6,13,20,23-24H,7-12H2,(H,21,25). The van der Waals surface area contributed by atoms with Crippen molar-refractivity contribution in [1.29, 1.82) is 0 Å². The van der Waals surface area contributed by atoms with Gasteiger partial charge in [-0.15, -0.1) is 0 Å². The molecule has 4 N–H and O–H groups in total. The molecule has 3 aromatic rings. The predicted octanol–water partition coefficient (Wildman–Crippen LogP) is 0.246. The monoisotopic (exact) mass is 405 g/mol. The summed E-state index contributed by atoms with van der Waals surface area (Å²) in [6, 6.07) is 11.6. The summed E-state index contributed by atoms with van der Waals surface area (Å²) in [5.74, 6) is 0. The van der Waals surface area contributed by atoms with Gasteiger partial charge in [-0.3, -0.25) is 9.69 Å². The van der Waals surface area contributed by atoms with E-state index in [1.165, 1.54) is 6.07 Å². The van der Waals surface area contributed by atoms with E-state index in [4.69, 9.17) is 10.2 Å². The number of nitrogens with zero attached hydrogens (tertiary/aromatic N) is 1. The van der Waals surface area contributed by atoms with Gasteiger partial charge in [0.15, 0.2) is 0 Å². The highest BCUT2D eigenvalue weighted by atomic mass is 32.2. The Kier molecular flexibility index (Phi) is 6.42. The van der Waals surface area contributed by atoms with Crippen LogP contribution in [0.3, 0.4) is 0 Å². The fraction of sp³-hybridized carbons (Fsp3) is 0.316. The van der Waals surface area contributed by atoms with Gasteiger partial charge in [-0.2, -0.15) is 0 Å². The largest absolute Gasteiger partial charge is 0.395 e. The minimum Gasteiger partial charge on any atom is -0.395 e. The van der Waals surface area contributed by atoms with Crippen LogP contribution in [0, 0.1) is 0 Å². The van der Waals surface area contributed by atoms with Gasteiger partial charge in [0.2, 0.25) is 10.0 Å². The summed E-state index contributed by atoms with van der Waals surface area (Å²) in [4.78, 5) is 16.8. The minimum atomic E-state index is -3.75. The number of hydrogen-bond acceptors (Lipinski definition) is 6. The molecule has 1 heterocycles. The van der Waals surface area contributed by atoms with E-state index in [2.05, 4.69) is 9.71 Å².